The van der Waals surface area contributed by atoms with E-state index in [0.717, 1.165) is 32.0 Å². The largest absolute Gasteiger partial charge is 0.394 e. The summed E-state index contributed by atoms with van der Waals surface area (Å²) in [6.07, 6.45) is -63.1. The van der Waals surface area contributed by atoms with E-state index in [9.17, 15) is 59.1 Å². The first-order valence-electron chi connectivity index (χ1n) is 54.3. The minimum Gasteiger partial charge on any atom is -0.394 e. The van der Waals surface area contributed by atoms with Gasteiger partial charge in [-0.25, -0.2) is 57.1 Å². The molecule has 0 aliphatic heterocycles. The summed E-state index contributed by atoms with van der Waals surface area (Å²) in [5.41, 5.74) is -13.1. The van der Waals surface area contributed by atoms with Gasteiger partial charge in [0.2, 0.25) is 0 Å². The monoisotopic (exact) mass is 1600 g/mol. The lowest BCUT2D eigenvalue weighted by atomic mass is 10.1. The Morgan fingerprint density at radius 2 is 0.815 bits per heavy atom. The van der Waals surface area contributed by atoms with Crippen LogP contribution in [-0.4, -0.2) is 250 Å². The highest BCUT2D eigenvalue weighted by Crippen LogP contribution is 2.48. The molecule has 6 aromatic heterocycles. The number of anilines is 3. The number of halogens is 3. The summed E-state index contributed by atoms with van der Waals surface area (Å²) >= 11 is 0.317. The number of benzene rings is 3. The number of fused-ring (bicyclic) bond motifs is 3. The van der Waals surface area contributed by atoms with E-state index in [1.807, 2.05) is 0 Å². The molecule has 6 saturated carbocycles. The van der Waals surface area contributed by atoms with Gasteiger partial charge < -0.3 is 76.1 Å². The Kier molecular flexibility index (Phi) is 12.9. The van der Waals surface area contributed by atoms with Gasteiger partial charge in [0.25, 0.3) is 0 Å². The molecule has 0 radical (unpaired) electrons. The number of aliphatic hydroxyl groups is 9. The zero-order valence-corrected chi connectivity index (χ0v) is 58.8. The minimum absolute atomic E-state index is 0.0144. The second-order valence-corrected chi connectivity index (χ2v) is 24.7. The molecule has 6 heterocycles. The van der Waals surface area contributed by atoms with Gasteiger partial charge in [-0.3, -0.25) is 0 Å². The Hall–Kier alpha value is -7.14. The molecule has 0 amide bonds. The van der Waals surface area contributed by atoms with Crippen LogP contribution in [0.2, 0.25) is 0 Å². The summed E-state index contributed by atoms with van der Waals surface area (Å²) in [5, 5.41) is 122. The van der Waals surface area contributed by atoms with Crippen LogP contribution in [0.3, 0.4) is 0 Å². The number of thioether (sulfide) groups is 3. The van der Waals surface area contributed by atoms with Gasteiger partial charge >= 0.3 is 0 Å². The van der Waals surface area contributed by atoms with E-state index in [2.05, 4.69) is 81.5 Å². The van der Waals surface area contributed by atoms with Crippen molar-refractivity contribution in [3.8, 4) is 0 Å². The molecule has 0 unspecified atom stereocenters. The molecule has 36 heteroatoms. The maximum absolute atomic E-state index is 14.5. The van der Waals surface area contributed by atoms with Gasteiger partial charge in [0.1, 0.15) is 53.9 Å². The molecule has 0 spiro atoms. The van der Waals surface area contributed by atoms with Crippen LogP contribution in [0.1, 0.15) is 210 Å². The molecule has 30 nitrogen and oxygen atoms in total. The molecular formula is C72H93F3N18O12S3. The quantitative estimate of drug-likeness (QED) is 0.0168. The number of hydrogen-bond donors (Lipinski definition) is 12. The lowest BCUT2D eigenvalue weighted by molar-refractivity contribution is -0.0629. The number of hydrogen-bond acceptors (Lipinski definition) is 30. The third kappa shape index (κ3) is 17.5. The third-order valence-corrected chi connectivity index (χ3v) is 17.3. The van der Waals surface area contributed by atoms with Crippen LogP contribution < -0.4 is 16.0 Å². The van der Waals surface area contributed by atoms with Crippen LogP contribution >= 0.6 is 35.3 Å². The van der Waals surface area contributed by atoms with E-state index >= 15 is 0 Å². The molecule has 9 aromatic rings. The molecular weight excluding hydrogens is 1460 g/mol. The van der Waals surface area contributed by atoms with E-state index in [1.54, 1.807) is 0 Å². The second-order valence-electron chi connectivity index (χ2n) is 22.3. The van der Waals surface area contributed by atoms with Crippen molar-refractivity contribution in [3.05, 3.63) is 105 Å². The molecule has 3 aromatic carbocycles. The molecule has 6 aliphatic carbocycles. The number of aromatic nitrogens is 15. The first kappa shape index (κ1) is 39.9. The van der Waals surface area contributed by atoms with Crippen LogP contribution in [-0.2, 0) is 14.2 Å². The van der Waals surface area contributed by atoms with Crippen molar-refractivity contribution in [3.63, 3.8) is 0 Å². The normalized spacial score (nSPS) is 50.0. The van der Waals surface area contributed by atoms with Crippen molar-refractivity contribution in [2.24, 2.45) is 0 Å². The average Bonchev–Trinajstić information content (AvgIpc) is 1.47. The number of nitrogens with one attached hydrogen (secondary N) is 3. The minimum atomic E-state index is -4.42. The van der Waals surface area contributed by atoms with E-state index < -0.39 is 300 Å². The van der Waals surface area contributed by atoms with Crippen molar-refractivity contribution in [2.75, 3.05) is 72.6 Å². The van der Waals surface area contributed by atoms with Crippen LogP contribution in [0.15, 0.2) is 70.1 Å². The average molecular weight is 1600 g/mol. The van der Waals surface area contributed by atoms with Crippen molar-refractivity contribution < 1.29 is 136 Å². The predicted molar refractivity (Wildman–Crippen MR) is 398 cm³/mol. The van der Waals surface area contributed by atoms with Crippen LogP contribution in [0, 0.1) is 38.2 Å². The fourth-order valence-corrected chi connectivity index (χ4v) is 11.2. The fraction of sp³-hybridized carbons (Fsp3) is 0.583. The van der Waals surface area contributed by atoms with E-state index in [-0.39, 0.29) is 77.4 Å². The molecule has 108 heavy (non-hydrogen) atoms. The van der Waals surface area contributed by atoms with Crippen molar-refractivity contribution >= 4 is 86.2 Å². The summed E-state index contributed by atoms with van der Waals surface area (Å²) in [7, 11) is 0. The third-order valence-electron chi connectivity index (χ3n) is 15.2. The Bertz CT molecular complexity index is 7060. The molecule has 582 valence electrons. The smallest absolute Gasteiger partial charge is 0.191 e. The predicted octanol–water partition coefficient (Wildman–Crippen LogP) is 6.55. The van der Waals surface area contributed by atoms with Crippen molar-refractivity contribution in [1.29, 1.82) is 0 Å². The molecule has 6 aliphatic rings. The van der Waals surface area contributed by atoms with Crippen LogP contribution in [0.25, 0.3) is 33.5 Å². The maximum Gasteiger partial charge on any atom is 0.191 e. The van der Waals surface area contributed by atoms with Gasteiger partial charge in [-0.05, 0) is 111 Å². The summed E-state index contributed by atoms with van der Waals surface area (Å²) in [6.45, 7) is -7.43. The van der Waals surface area contributed by atoms with Crippen LogP contribution in [0.4, 0.5) is 30.6 Å². The van der Waals surface area contributed by atoms with Crippen molar-refractivity contribution in [2.45, 2.75) is 223 Å². The zero-order chi connectivity index (χ0) is 118. The van der Waals surface area contributed by atoms with Gasteiger partial charge in [-0.1, -0.05) is 108 Å². The number of rotatable bonds is 30. The van der Waals surface area contributed by atoms with E-state index in [1.165, 1.54) is 64.1 Å². The lowest BCUT2D eigenvalue weighted by Gasteiger charge is -2.17. The number of ether oxygens (including phenoxy) is 3. The van der Waals surface area contributed by atoms with Gasteiger partial charge in [-0.15, -0.1) is 15.3 Å². The van der Waals surface area contributed by atoms with E-state index in [0.29, 0.717) is 11.8 Å². The highest BCUT2D eigenvalue weighted by molar-refractivity contribution is 7.99. The molecule has 0 saturated heterocycles. The molecule has 6 fully saturated rings. The van der Waals surface area contributed by atoms with Crippen LogP contribution in [0.5, 0.6) is 0 Å². The molecule has 18 atom stereocenters. The fourth-order valence-electron chi connectivity index (χ4n) is 9.78. The Balaban J connectivity index is 0.000000192. The van der Waals surface area contributed by atoms with Gasteiger partial charge in [0, 0.05) is 106 Å². The molecule has 0 bridgehead atoms. The Morgan fingerprint density at radius 1 is 0.472 bits per heavy atom. The van der Waals surface area contributed by atoms with Crippen molar-refractivity contribution in [1.82, 2.24) is 74.9 Å². The van der Waals surface area contributed by atoms with E-state index in [4.69, 9.17) is 72.5 Å². The SMILES string of the molecule is [2H]C([2H])(C)C([2H])([2H])Sc1nc(N[C@]2([2H])C([2H])([2H])[C@@]2([2H])c2ccc(C)c(F)c2)c2nnn([C@]3([2H])C([2H])([2H])[C@]([2H])(OCCO)[C@@]([2H])(O)[C@@]3([2H])O)c2n1.[2H]C([2H])(CC)Sc1nc(N[C@]2([2H])C([2H])([2H])[C@@]2([2H])c2ccc(C)c(F)c2)c2nnn([C@]3([2H])C([2H])([2H])[C@]([2H])(OC([2H])([2H])C([2H])([2H])O)[C@@]([2H])(O)[C@@]3([2H])O)c2n1.[2H]C([2H])(O)CO[C@@]1([2H])C([2H])([2H])[C@@]([2H])(n2nnc3c(N[C@]4([2H])C([2H])([2H])[C@@]4([2H])c4ccc(C)c(F)c4)nc(SC([2H])([2H])C([2H])([2H])C)nc32)[C@]([2H])(O)[C@]1([2H])O. The van der Waals surface area contributed by atoms with Gasteiger partial charge in [0.05, 0.1) is 105 Å². The molecule has 15 rings (SSSR count). The van der Waals surface area contributed by atoms with Gasteiger partial charge in [-0.2, -0.15) is 0 Å². The summed E-state index contributed by atoms with van der Waals surface area (Å²) in [6, 6.07) is -9.93. The summed E-state index contributed by atoms with van der Waals surface area (Å²) < 4.78 is 444. The highest BCUT2D eigenvalue weighted by atomic mass is 32.2. The summed E-state index contributed by atoms with van der Waals surface area (Å²) in [4.78, 5) is 24.2. The number of aryl methyl sites for hydroxylation is 3. The topological polar surface area (TPSA) is 415 Å². The Labute approximate surface area is 697 Å². The standard InChI is InChI=1S/3C24H31FN6O4S/c3*1-3-8-36-24-27-22(26-16-10-14(16)13-5-4-12(2)15(25)9-13)19-23(28-24)31(30-29-19)17-11-18(35-7-6-32)21(34)20(17)33/h3*4-5,9,14,16-18,20-21,32-34H,3,6-8,10-11H2,1-2H3,(H,26,27,28)/t3*14-,16+,17+,18-,20-,21+/m000/s1/i6D2,7D2,8D2,10D2,11D2,14D,16D,17D,18D,20D,21D;3D2,6D2,8D2,10D2,11D2,14D,16D,17D,18D,20D,21D;3D2,8D2,10D2,11D2,14D,16D,17D,18D,20D,21D. The number of nitrogens with zero attached hydrogens (tertiary/aromatic N) is 15. The first-order chi connectivity index (χ1) is 68.8. The maximum atomic E-state index is 14.5. The second kappa shape index (κ2) is 35.1. The lowest BCUT2D eigenvalue weighted by Crippen LogP contribution is -2.33. The zero-order valence-electron chi connectivity index (χ0n) is 102. The van der Waals surface area contributed by atoms with Gasteiger partial charge in [0.15, 0.2) is 66.4 Å². The first-order valence-corrected chi connectivity index (χ1v) is 33.8. The number of aliphatic hydroxyl groups excluding tert-OH is 1. The highest BCUT2D eigenvalue weighted by Gasteiger charge is 2.49. The summed E-state index contributed by atoms with van der Waals surface area (Å²) in [5.74, 6) is -12.3. The molecule has 12 N–H and O–H groups in total. The Morgan fingerprint density at radius 3 is 1.13 bits per heavy atom.